The van der Waals surface area contributed by atoms with E-state index in [4.69, 9.17) is 29.0 Å². The second kappa shape index (κ2) is 12.9. The summed E-state index contributed by atoms with van der Waals surface area (Å²) in [5, 5.41) is 38.5. The van der Waals surface area contributed by atoms with E-state index in [1.807, 2.05) is 6.07 Å². The number of methoxy groups -OCH3 is 1. The number of aromatic nitrogens is 3. The number of hydrogen-bond donors (Lipinski definition) is 4. The van der Waals surface area contributed by atoms with Gasteiger partial charge in [0.1, 0.15) is 54.6 Å². The van der Waals surface area contributed by atoms with Crippen LogP contribution in [-0.2, 0) is 28.1 Å². The van der Waals surface area contributed by atoms with Gasteiger partial charge in [-0.05, 0) is 31.2 Å². The third-order valence-corrected chi connectivity index (χ3v) is 7.92. The van der Waals surface area contributed by atoms with E-state index in [1.165, 1.54) is 37.0 Å². The molecule has 0 spiro atoms. The van der Waals surface area contributed by atoms with Crippen LogP contribution < -0.4 is 15.3 Å². The predicted molar refractivity (Wildman–Crippen MR) is 142 cm³/mol. The molecule has 5 N–H and O–H groups in total. The lowest BCUT2D eigenvalue weighted by molar-refractivity contribution is -0.145. The molecule has 3 heterocycles. The Kier molecular flexibility index (Phi) is 9.57. The third-order valence-electron chi connectivity index (χ3n) is 6.30. The van der Waals surface area contributed by atoms with Crippen molar-refractivity contribution in [1.29, 1.82) is 5.26 Å². The smallest absolute Gasteiger partial charge is 0.459 e. The number of hydrogen-bond acceptors (Lipinski definition) is 13. The summed E-state index contributed by atoms with van der Waals surface area (Å²) < 4.78 is 42.4. The van der Waals surface area contributed by atoms with E-state index in [0.717, 1.165) is 0 Å². The van der Waals surface area contributed by atoms with Crippen molar-refractivity contribution in [2.75, 3.05) is 32.7 Å². The Bertz CT molecular complexity index is 1430. The summed E-state index contributed by atoms with van der Waals surface area (Å²) in [6, 6.07) is 11.8. The molecule has 6 atom stereocenters. The van der Waals surface area contributed by atoms with Crippen LogP contribution in [0.25, 0.3) is 5.52 Å². The molecule has 220 valence electrons. The fraction of sp³-hybridized carbons (Fsp3) is 0.440. The van der Waals surface area contributed by atoms with E-state index in [1.54, 1.807) is 30.3 Å². The molecule has 2 aromatic heterocycles. The van der Waals surface area contributed by atoms with E-state index < -0.39 is 50.3 Å². The minimum atomic E-state index is -4.42. The molecule has 1 aromatic carbocycles. The van der Waals surface area contributed by atoms with Gasteiger partial charge in [-0.3, -0.25) is 9.32 Å². The van der Waals surface area contributed by atoms with Crippen molar-refractivity contribution in [1.82, 2.24) is 19.7 Å². The fourth-order valence-electron chi connectivity index (χ4n) is 4.16. The molecule has 3 aromatic rings. The van der Waals surface area contributed by atoms with Gasteiger partial charge in [0.05, 0.1) is 12.3 Å². The van der Waals surface area contributed by atoms with E-state index in [0.29, 0.717) is 18.5 Å². The number of ether oxygens (including phenoxy) is 3. The van der Waals surface area contributed by atoms with Crippen LogP contribution in [0.2, 0.25) is 0 Å². The molecule has 1 fully saturated rings. The zero-order chi connectivity index (χ0) is 29.6. The van der Waals surface area contributed by atoms with Crippen LogP contribution in [-0.4, -0.2) is 81.6 Å². The number of para-hydroxylation sites is 1. The Labute approximate surface area is 235 Å². The van der Waals surface area contributed by atoms with Gasteiger partial charge in [-0.2, -0.15) is 15.4 Å². The number of aliphatic hydroxyl groups excluding tert-OH is 2. The summed E-state index contributed by atoms with van der Waals surface area (Å²) in [5.74, 6) is -0.422. The van der Waals surface area contributed by atoms with Crippen molar-refractivity contribution in [2.24, 2.45) is 0 Å². The number of nitrogen functional groups attached to an aromatic ring is 1. The molecule has 0 bridgehead atoms. The summed E-state index contributed by atoms with van der Waals surface area (Å²) in [4.78, 5) is 16.4. The van der Waals surface area contributed by atoms with Crippen molar-refractivity contribution < 1.29 is 42.8 Å². The molecular weight excluding hydrogens is 559 g/mol. The summed E-state index contributed by atoms with van der Waals surface area (Å²) >= 11 is 0. The highest BCUT2D eigenvalue weighted by Gasteiger charge is 2.57. The first kappa shape index (κ1) is 30.4. The van der Waals surface area contributed by atoms with Crippen molar-refractivity contribution in [3.05, 3.63) is 54.5 Å². The number of nitrogens with one attached hydrogen (secondary N) is 1. The molecule has 1 aliphatic heterocycles. The Morgan fingerprint density at radius 3 is 2.76 bits per heavy atom. The molecule has 1 unspecified atom stereocenters. The van der Waals surface area contributed by atoms with Gasteiger partial charge < -0.3 is 34.7 Å². The third kappa shape index (κ3) is 6.66. The van der Waals surface area contributed by atoms with Crippen molar-refractivity contribution in [3.63, 3.8) is 0 Å². The van der Waals surface area contributed by atoms with Crippen LogP contribution in [0.15, 0.2) is 48.8 Å². The molecule has 4 rings (SSSR count). The molecule has 16 heteroatoms. The van der Waals surface area contributed by atoms with Crippen LogP contribution >= 0.6 is 7.75 Å². The molecule has 1 saturated heterocycles. The van der Waals surface area contributed by atoms with Crippen LogP contribution in [0, 0.1) is 11.3 Å². The minimum absolute atomic E-state index is 0.0746. The van der Waals surface area contributed by atoms with Crippen molar-refractivity contribution >= 4 is 25.1 Å². The Hall–Kier alpha value is -3.61. The maximum atomic E-state index is 13.9. The monoisotopic (exact) mass is 590 g/mol. The summed E-state index contributed by atoms with van der Waals surface area (Å²) in [5.41, 5.74) is 4.40. The van der Waals surface area contributed by atoms with Gasteiger partial charge in [0, 0.05) is 20.1 Å². The predicted octanol–water partition coefficient (Wildman–Crippen LogP) is 1.13. The molecule has 0 aliphatic carbocycles. The van der Waals surface area contributed by atoms with E-state index in [2.05, 4.69) is 15.2 Å². The molecule has 0 saturated carbocycles. The van der Waals surface area contributed by atoms with E-state index in [9.17, 15) is 24.8 Å². The molecule has 1 aliphatic rings. The maximum absolute atomic E-state index is 13.9. The topological polar surface area (TPSA) is 213 Å². The zero-order valence-electron chi connectivity index (χ0n) is 22.3. The van der Waals surface area contributed by atoms with Crippen LogP contribution in [0.1, 0.15) is 25.1 Å². The number of carbonyl (C=O) groups excluding carboxylic acids is 1. The second-order valence-electron chi connectivity index (χ2n) is 9.22. The molecule has 0 amide bonds. The standard InChI is InChI=1S/C25H31N6O9P/c1-16(24(34)37-12-6-11-36-2)30-41(35,40-17-7-4-3-5-8-17)38-14-25(13-26)22(33)20(32)21(39-25)18-9-10-19-23(27)28-15-29-31(18)19/h3-5,7-10,15-16,20-22,32-33H,6,11-12,14H2,1-2H3,(H,30,35)(H2,27,28,29)/t16-,20-,21-,22-,25+,41?/m0/s1. The number of rotatable bonds is 13. The number of esters is 1. The highest BCUT2D eigenvalue weighted by atomic mass is 31.2. The number of nitrogens with zero attached hydrogens (tertiary/aromatic N) is 4. The lowest BCUT2D eigenvalue weighted by Gasteiger charge is -2.28. The first-order valence-electron chi connectivity index (χ1n) is 12.6. The van der Waals surface area contributed by atoms with Gasteiger partial charge in [-0.1, -0.05) is 18.2 Å². The quantitative estimate of drug-likeness (QED) is 0.125. The highest BCUT2D eigenvalue weighted by molar-refractivity contribution is 7.52. The number of benzene rings is 1. The summed E-state index contributed by atoms with van der Waals surface area (Å²) in [7, 11) is -2.90. The van der Waals surface area contributed by atoms with Gasteiger partial charge in [0.2, 0.25) is 5.60 Å². The van der Waals surface area contributed by atoms with Crippen LogP contribution in [0.3, 0.4) is 0 Å². The van der Waals surface area contributed by atoms with Gasteiger partial charge in [-0.15, -0.1) is 0 Å². The number of anilines is 1. The first-order valence-corrected chi connectivity index (χ1v) is 14.1. The van der Waals surface area contributed by atoms with Crippen molar-refractivity contribution in [3.8, 4) is 11.8 Å². The van der Waals surface area contributed by atoms with E-state index in [-0.39, 0.29) is 23.9 Å². The molecule has 0 radical (unpaired) electrons. The number of aliphatic hydroxyl groups is 2. The number of fused-ring (bicyclic) bond motifs is 1. The SMILES string of the molecule is COCCCOC(=O)[C@H](C)NP(=O)(OC[C@@]1(C#N)O[C@@H](c2ccc3c(N)ncnn23)[C@H](O)[C@@H]1O)Oc1ccccc1. The van der Waals surface area contributed by atoms with Gasteiger partial charge in [-0.25, -0.2) is 14.1 Å². The molecule has 15 nitrogen and oxygen atoms in total. The largest absolute Gasteiger partial charge is 0.464 e. The first-order chi connectivity index (χ1) is 19.6. The Morgan fingerprint density at radius 1 is 1.29 bits per heavy atom. The Morgan fingerprint density at radius 2 is 2.05 bits per heavy atom. The molecular formula is C25H31N6O9P. The molecule has 41 heavy (non-hydrogen) atoms. The zero-order valence-corrected chi connectivity index (χ0v) is 23.2. The normalized spacial score (nSPS) is 24.4. The average molecular weight is 591 g/mol. The number of carbonyl (C=O) groups is 1. The minimum Gasteiger partial charge on any atom is -0.464 e. The number of nitriles is 1. The maximum Gasteiger partial charge on any atom is 0.459 e. The fourth-order valence-corrected chi connectivity index (χ4v) is 5.68. The van der Waals surface area contributed by atoms with Gasteiger partial charge in [0.15, 0.2) is 5.82 Å². The summed E-state index contributed by atoms with van der Waals surface area (Å²) in [6.45, 7) is 1.05. The number of nitrogens with two attached hydrogens (primary N) is 1. The average Bonchev–Trinajstić information content (AvgIpc) is 3.50. The van der Waals surface area contributed by atoms with Crippen LogP contribution in [0.4, 0.5) is 5.82 Å². The lowest BCUT2D eigenvalue weighted by atomic mass is 9.96. The van der Waals surface area contributed by atoms with Gasteiger partial charge in [0.25, 0.3) is 0 Å². The lowest BCUT2D eigenvalue weighted by Crippen LogP contribution is -2.46. The van der Waals surface area contributed by atoms with Crippen LogP contribution in [0.5, 0.6) is 5.75 Å². The summed E-state index contributed by atoms with van der Waals surface area (Å²) in [6.07, 6.45) is -2.97. The van der Waals surface area contributed by atoms with Crippen molar-refractivity contribution in [2.45, 2.75) is 43.3 Å². The highest BCUT2D eigenvalue weighted by Crippen LogP contribution is 2.48. The van der Waals surface area contributed by atoms with Gasteiger partial charge >= 0.3 is 13.7 Å². The Balaban J connectivity index is 1.54. The second-order valence-corrected chi connectivity index (χ2v) is 10.9. The van der Waals surface area contributed by atoms with E-state index >= 15 is 0 Å².